The first kappa shape index (κ1) is 10.3. The molecule has 2 saturated carbocycles. The Bertz CT molecular complexity index is 394. The molecule has 2 aliphatic rings. The van der Waals surface area contributed by atoms with Gasteiger partial charge in [0.05, 0.1) is 0 Å². The molecule has 0 aromatic heterocycles. The van der Waals surface area contributed by atoms with Crippen molar-refractivity contribution in [3.8, 4) is 0 Å². The Morgan fingerprint density at radius 1 is 1.31 bits per heavy atom. The third-order valence-corrected chi connectivity index (χ3v) is 4.68. The van der Waals surface area contributed by atoms with Crippen molar-refractivity contribution in [1.29, 1.82) is 0 Å². The van der Waals surface area contributed by atoms with Gasteiger partial charge >= 0.3 is 0 Å². The lowest BCUT2D eigenvalue weighted by molar-refractivity contribution is 0.257. The lowest BCUT2D eigenvalue weighted by Crippen LogP contribution is -2.32. The van der Waals surface area contributed by atoms with Gasteiger partial charge in [-0.3, -0.25) is 0 Å². The predicted molar refractivity (Wildman–Crippen MR) is 67.2 cm³/mol. The van der Waals surface area contributed by atoms with Crippen molar-refractivity contribution >= 4 is 0 Å². The molecule has 0 amide bonds. The number of hydrogen-bond donors (Lipinski definition) is 1. The lowest BCUT2D eigenvalue weighted by atomic mass is 9.79. The van der Waals surface area contributed by atoms with Gasteiger partial charge in [-0.05, 0) is 42.7 Å². The highest BCUT2D eigenvalue weighted by Gasteiger charge is 2.55. The van der Waals surface area contributed by atoms with Crippen LogP contribution in [-0.4, -0.2) is 5.54 Å². The largest absolute Gasteiger partial charge is 0.325 e. The molecule has 86 valence electrons. The second-order valence-electron chi connectivity index (χ2n) is 5.84. The second-order valence-corrected chi connectivity index (χ2v) is 5.84. The van der Waals surface area contributed by atoms with Crippen molar-refractivity contribution in [1.82, 2.24) is 0 Å². The minimum absolute atomic E-state index is 0.136. The van der Waals surface area contributed by atoms with Crippen LogP contribution < -0.4 is 5.73 Å². The van der Waals surface area contributed by atoms with E-state index in [9.17, 15) is 0 Å². The molecular formula is C15H21N. The Labute approximate surface area is 98.0 Å². The summed E-state index contributed by atoms with van der Waals surface area (Å²) in [5.41, 5.74) is 9.48. The summed E-state index contributed by atoms with van der Waals surface area (Å²) in [4.78, 5) is 0. The summed E-state index contributed by atoms with van der Waals surface area (Å²) < 4.78 is 0. The molecule has 1 nitrogen and oxygen atoms in total. The van der Waals surface area contributed by atoms with Crippen LogP contribution >= 0.6 is 0 Å². The van der Waals surface area contributed by atoms with Crippen molar-refractivity contribution < 1.29 is 0 Å². The van der Waals surface area contributed by atoms with Crippen LogP contribution in [0.15, 0.2) is 24.3 Å². The Morgan fingerprint density at radius 2 is 2.06 bits per heavy atom. The van der Waals surface area contributed by atoms with Gasteiger partial charge in [0.2, 0.25) is 0 Å². The number of hydrogen-bond acceptors (Lipinski definition) is 1. The van der Waals surface area contributed by atoms with E-state index in [0.29, 0.717) is 0 Å². The number of aryl methyl sites for hydroxylation is 1. The third-order valence-electron chi connectivity index (χ3n) is 4.68. The third kappa shape index (κ3) is 1.67. The fraction of sp³-hybridized carbons (Fsp3) is 0.600. The quantitative estimate of drug-likeness (QED) is 0.824. The Kier molecular flexibility index (Phi) is 2.32. The Balaban J connectivity index is 1.69. The minimum atomic E-state index is 0.136. The van der Waals surface area contributed by atoms with E-state index in [-0.39, 0.29) is 5.54 Å². The van der Waals surface area contributed by atoms with Crippen LogP contribution in [0.3, 0.4) is 0 Å². The first-order valence-corrected chi connectivity index (χ1v) is 6.52. The molecule has 2 atom stereocenters. The Hall–Kier alpha value is -0.820. The van der Waals surface area contributed by atoms with Crippen molar-refractivity contribution in [2.45, 2.75) is 44.6 Å². The van der Waals surface area contributed by atoms with E-state index in [0.717, 1.165) is 18.3 Å². The summed E-state index contributed by atoms with van der Waals surface area (Å²) >= 11 is 0. The maximum atomic E-state index is 6.50. The average Bonchev–Trinajstić information content (AvgIpc) is 2.79. The van der Waals surface area contributed by atoms with Gasteiger partial charge in [-0.15, -0.1) is 0 Å². The fourth-order valence-corrected chi connectivity index (χ4v) is 3.20. The van der Waals surface area contributed by atoms with Crippen LogP contribution in [0, 0.1) is 18.8 Å². The van der Waals surface area contributed by atoms with Gasteiger partial charge < -0.3 is 5.73 Å². The summed E-state index contributed by atoms with van der Waals surface area (Å²) in [6.45, 7) is 2.19. The molecule has 2 unspecified atom stereocenters. The highest BCUT2D eigenvalue weighted by Crippen LogP contribution is 2.54. The van der Waals surface area contributed by atoms with Crippen LogP contribution in [0.1, 0.15) is 36.8 Å². The summed E-state index contributed by atoms with van der Waals surface area (Å²) in [5.74, 6) is 1.77. The van der Waals surface area contributed by atoms with Crippen LogP contribution in [-0.2, 0) is 6.42 Å². The molecule has 0 radical (unpaired) electrons. The lowest BCUT2D eigenvalue weighted by Gasteiger charge is -2.27. The summed E-state index contributed by atoms with van der Waals surface area (Å²) in [6.07, 6.45) is 6.63. The fourth-order valence-electron chi connectivity index (χ4n) is 3.20. The molecule has 0 spiro atoms. The van der Waals surface area contributed by atoms with Crippen molar-refractivity contribution in [2.24, 2.45) is 17.6 Å². The zero-order valence-corrected chi connectivity index (χ0v) is 10.1. The molecule has 0 bridgehead atoms. The highest BCUT2D eigenvalue weighted by atomic mass is 14.9. The number of benzene rings is 1. The van der Waals surface area contributed by atoms with E-state index in [1.807, 2.05) is 0 Å². The molecule has 2 N–H and O–H groups in total. The maximum Gasteiger partial charge on any atom is 0.0230 e. The van der Waals surface area contributed by atoms with E-state index in [2.05, 4.69) is 31.2 Å². The average molecular weight is 215 g/mol. The number of rotatable bonds is 3. The maximum absolute atomic E-state index is 6.50. The van der Waals surface area contributed by atoms with E-state index in [4.69, 9.17) is 5.73 Å². The molecular weight excluding hydrogens is 194 g/mol. The second kappa shape index (κ2) is 3.59. The monoisotopic (exact) mass is 215 g/mol. The summed E-state index contributed by atoms with van der Waals surface area (Å²) in [7, 11) is 0. The molecule has 2 aliphatic carbocycles. The number of nitrogens with two attached hydrogens (primary N) is 1. The molecule has 3 rings (SSSR count). The van der Waals surface area contributed by atoms with Crippen LogP contribution in [0.2, 0.25) is 0 Å². The zero-order chi connectivity index (χ0) is 11.2. The molecule has 1 aromatic rings. The molecule has 0 saturated heterocycles. The zero-order valence-electron chi connectivity index (χ0n) is 10.1. The molecule has 2 fully saturated rings. The molecule has 1 heteroatoms. The van der Waals surface area contributed by atoms with Crippen molar-refractivity contribution in [3.63, 3.8) is 0 Å². The minimum Gasteiger partial charge on any atom is -0.325 e. The van der Waals surface area contributed by atoms with Crippen LogP contribution in [0.5, 0.6) is 0 Å². The van der Waals surface area contributed by atoms with Gasteiger partial charge in [0, 0.05) is 5.54 Å². The van der Waals surface area contributed by atoms with Gasteiger partial charge in [0.25, 0.3) is 0 Å². The van der Waals surface area contributed by atoms with Crippen LogP contribution in [0.25, 0.3) is 0 Å². The molecule has 1 aromatic carbocycles. The van der Waals surface area contributed by atoms with Gasteiger partial charge in [0.1, 0.15) is 0 Å². The van der Waals surface area contributed by atoms with Gasteiger partial charge in [-0.1, -0.05) is 43.5 Å². The normalized spacial score (nSPS) is 33.5. The van der Waals surface area contributed by atoms with Crippen molar-refractivity contribution in [2.75, 3.05) is 0 Å². The topological polar surface area (TPSA) is 26.0 Å². The van der Waals surface area contributed by atoms with Gasteiger partial charge in [-0.25, -0.2) is 0 Å². The standard InChI is InChI=1S/C15H21N/c1-11-5-2-3-6-13(11)9-15(16)10-14(15)12-7-4-8-12/h2-3,5-6,12,14H,4,7-10,16H2,1H3. The van der Waals surface area contributed by atoms with Gasteiger partial charge in [0.15, 0.2) is 0 Å². The van der Waals surface area contributed by atoms with Gasteiger partial charge in [-0.2, -0.15) is 0 Å². The first-order chi connectivity index (χ1) is 7.69. The molecule has 0 heterocycles. The smallest absolute Gasteiger partial charge is 0.0230 e. The van der Waals surface area contributed by atoms with E-state index >= 15 is 0 Å². The van der Waals surface area contributed by atoms with E-state index < -0.39 is 0 Å². The summed E-state index contributed by atoms with van der Waals surface area (Å²) in [5, 5.41) is 0. The van der Waals surface area contributed by atoms with Crippen molar-refractivity contribution in [3.05, 3.63) is 35.4 Å². The summed E-state index contributed by atoms with van der Waals surface area (Å²) in [6, 6.07) is 8.67. The highest BCUT2D eigenvalue weighted by molar-refractivity contribution is 5.30. The molecule has 16 heavy (non-hydrogen) atoms. The predicted octanol–water partition coefficient (Wildman–Crippen LogP) is 3.06. The molecule has 0 aliphatic heterocycles. The van der Waals surface area contributed by atoms with Crippen LogP contribution in [0.4, 0.5) is 0 Å². The van der Waals surface area contributed by atoms with E-state index in [1.165, 1.54) is 36.8 Å². The van der Waals surface area contributed by atoms with E-state index in [1.54, 1.807) is 0 Å². The Morgan fingerprint density at radius 3 is 2.69 bits per heavy atom. The SMILES string of the molecule is Cc1ccccc1CC1(N)CC1C1CCC1. The first-order valence-electron chi connectivity index (χ1n) is 6.52.